The summed E-state index contributed by atoms with van der Waals surface area (Å²) in [5.74, 6) is 0. The van der Waals surface area contributed by atoms with Crippen LogP contribution in [0.1, 0.15) is 64.7 Å². The Bertz CT molecular complexity index is 153. The van der Waals surface area contributed by atoms with Crippen molar-refractivity contribution < 1.29 is 4.74 Å². The molecule has 1 aliphatic carbocycles. The molecule has 0 amide bonds. The predicted molar refractivity (Wildman–Crippen MR) is 65.0 cm³/mol. The number of rotatable bonds is 8. The van der Waals surface area contributed by atoms with Gasteiger partial charge >= 0.3 is 0 Å². The standard InChI is InChI=1S/C13H27NO/c1-2-3-4-5-8-11-15-12-13(14)9-6-7-10-13/h2-12,14H2,1H3. The van der Waals surface area contributed by atoms with Gasteiger partial charge in [-0.2, -0.15) is 0 Å². The van der Waals surface area contributed by atoms with Crippen LogP contribution in [-0.2, 0) is 4.74 Å². The third kappa shape index (κ3) is 5.53. The van der Waals surface area contributed by atoms with E-state index in [1.165, 1.54) is 44.9 Å². The summed E-state index contributed by atoms with van der Waals surface area (Å²) in [7, 11) is 0. The first-order valence-electron chi connectivity index (χ1n) is 6.63. The van der Waals surface area contributed by atoms with Gasteiger partial charge in [-0.25, -0.2) is 0 Å². The molecular weight excluding hydrogens is 186 g/mol. The van der Waals surface area contributed by atoms with Crippen molar-refractivity contribution >= 4 is 0 Å². The Hall–Kier alpha value is -0.0800. The van der Waals surface area contributed by atoms with Gasteiger partial charge in [0.05, 0.1) is 6.61 Å². The van der Waals surface area contributed by atoms with Crippen molar-refractivity contribution in [3.63, 3.8) is 0 Å². The van der Waals surface area contributed by atoms with Gasteiger partial charge in [0, 0.05) is 12.1 Å². The number of ether oxygens (including phenoxy) is 1. The lowest BCUT2D eigenvalue weighted by molar-refractivity contribution is 0.0838. The quantitative estimate of drug-likeness (QED) is 0.628. The first-order valence-corrected chi connectivity index (χ1v) is 6.63. The van der Waals surface area contributed by atoms with Gasteiger partial charge in [0.15, 0.2) is 0 Å². The van der Waals surface area contributed by atoms with Crippen LogP contribution in [0.15, 0.2) is 0 Å². The van der Waals surface area contributed by atoms with E-state index < -0.39 is 0 Å². The largest absolute Gasteiger partial charge is 0.380 e. The van der Waals surface area contributed by atoms with Gasteiger partial charge in [-0.1, -0.05) is 45.4 Å². The summed E-state index contributed by atoms with van der Waals surface area (Å²) < 4.78 is 5.68. The lowest BCUT2D eigenvalue weighted by Crippen LogP contribution is -2.41. The monoisotopic (exact) mass is 213 g/mol. The number of unbranched alkanes of at least 4 members (excludes halogenated alkanes) is 4. The minimum atomic E-state index is 0.0173. The highest BCUT2D eigenvalue weighted by Crippen LogP contribution is 2.27. The highest BCUT2D eigenvalue weighted by molar-refractivity contribution is 4.88. The average Bonchev–Trinajstić information content (AvgIpc) is 2.64. The van der Waals surface area contributed by atoms with Crippen LogP contribution < -0.4 is 5.73 Å². The number of hydrogen-bond acceptors (Lipinski definition) is 2. The Morgan fingerprint density at radius 2 is 1.73 bits per heavy atom. The topological polar surface area (TPSA) is 35.2 Å². The lowest BCUT2D eigenvalue weighted by Gasteiger charge is -2.23. The SMILES string of the molecule is CCCCCCCOCC1(N)CCCC1. The van der Waals surface area contributed by atoms with Gasteiger partial charge < -0.3 is 10.5 Å². The van der Waals surface area contributed by atoms with Gasteiger partial charge in [-0.05, 0) is 19.3 Å². The van der Waals surface area contributed by atoms with E-state index in [-0.39, 0.29) is 5.54 Å². The van der Waals surface area contributed by atoms with E-state index in [9.17, 15) is 0 Å². The van der Waals surface area contributed by atoms with E-state index in [4.69, 9.17) is 10.5 Å². The summed E-state index contributed by atoms with van der Waals surface area (Å²) in [6.45, 7) is 3.93. The molecule has 1 saturated carbocycles. The van der Waals surface area contributed by atoms with E-state index >= 15 is 0 Å². The molecule has 1 aliphatic rings. The van der Waals surface area contributed by atoms with Crippen LogP contribution >= 0.6 is 0 Å². The third-order valence-electron chi connectivity index (χ3n) is 3.38. The number of hydrogen-bond donors (Lipinski definition) is 1. The summed E-state index contributed by atoms with van der Waals surface area (Å²) in [6, 6.07) is 0. The first kappa shape index (κ1) is 13.0. The van der Waals surface area contributed by atoms with Crippen LogP contribution in [-0.4, -0.2) is 18.8 Å². The van der Waals surface area contributed by atoms with Crippen LogP contribution in [0.3, 0.4) is 0 Å². The lowest BCUT2D eigenvalue weighted by atomic mass is 10.0. The van der Waals surface area contributed by atoms with Gasteiger partial charge in [0.1, 0.15) is 0 Å². The predicted octanol–water partition coefficient (Wildman–Crippen LogP) is 3.24. The van der Waals surface area contributed by atoms with E-state index in [0.29, 0.717) is 0 Å². The molecule has 0 aliphatic heterocycles. The van der Waals surface area contributed by atoms with Crippen molar-refractivity contribution in [3.8, 4) is 0 Å². The minimum Gasteiger partial charge on any atom is -0.380 e. The molecule has 0 radical (unpaired) electrons. The van der Waals surface area contributed by atoms with Crippen molar-refractivity contribution in [2.75, 3.05) is 13.2 Å². The first-order chi connectivity index (χ1) is 7.27. The van der Waals surface area contributed by atoms with Gasteiger partial charge in [0.2, 0.25) is 0 Å². The van der Waals surface area contributed by atoms with Gasteiger partial charge in [-0.3, -0.25) is 0 Å². The summed E-state index contributed by atoms with van der Waals surface area (Å²) in [4.78, 5) is 0. The molecule has 0 saturated heterocycles. The maximum Gasteiger partial charge on any atom is 0.0646 e. The molecule has 2 heteroatoms. The average molecular weight is 213 g/mol. The van der Waals surface area contributed by atoms with Crippen LogP contribution in [0.4, 0.5) is 0 Å². The molecule has 2 nitrogen and oxygen atoms in total. The smallest absolute Gasteiger partial charge is 0.0646 e. The van der Waals surface area contributed by atoms with Crippen LogP contribution in [0.5, 0.6) is 0 Å². The van der Waals surface area contributed by atoms with E-state index in [2.05, 4.69) is 6.92 Å². The fourth-order valence-electron chi connectivity index (χ4n) is 2.31. The second-order valence-electron chi connectivity index (χ2n) is 5.04. The second kappa shape index (κ2) is 7.24. The molecule has 15 heavy (non-hydrogen) atoms. The number of nitrogens with two attached hydrogens (primary N) is 1. The molecule has 0 bridgehead atoms. The Morgan fingerprint density at radius 1 is 1.07 bits per heavy atom. The Balaban J connectivity index is 1.88. The molecule has 90 valence electrons. The van der Waals surface area contributed by atoms with Crippen molar-refractivity contribution in [1.29, 1.82) is 0 Å². The molecule has 0 unspecified atom stereocenters. The van der Waals surface area contributed by atoms with Crippen LogP contribution in [0.25, 0.3) is 0 Å². The summed E-state index contributed by atoms with van der Waals surface area (Å²) in [5, 5.41) is 0. The Labute approximate surface area is 94.6 Å². The van der Waals surface area contributed by atoms with Gasteiger partial charge in [0.25, 0.3) is 0 Å². The molecule has 0 aromatic rings. The molecule has 1 rings (SSSR count). The summed E-state index contributed by atoms with van der Waals surface area (Å²) >= 11 is 0. The van der Waals surface area contributed by atoms with E-state index in [1.54, 1.807) is 0 Å². The molecule has 0 aromatic heterocycles. The zero-order valence-corrected chi connectivity index (χ0v) is 10.3. The van der Waals surface area contributed by atoms with E-state index in [0.717, 1.165) is 26.1 Å². The highest BCUT2D eigenvalue weighted by Gasteiger charge is 2.29. The molecule has 1 fully saturated rings. The summed E-state index contributed by atoms with van der Waals surface area (Å²) in [5.41, 5.74) is 6.21. The Kier molecular flexibility index (Phi) is 6.26. The van der Waals surface area contributed by atoms with Crippen molar-refractivity contribution in [2.24, 2.45) is 5.73 Å². The highest BCUT2D eigenvalue weighted by atomic mass is 16.5. The maximum atomic E-state index is 6.20. The van der Waals surface area contributed by atoms with Crippen LogP contribution in [0.2, 0.25) is 0 Å². The zero-order chi connectivity index (χ0) is 11.0. The van der Waals surface area contributed by atoms with E-state index in [1.807, 2.05) is 0 Å². The molecular formula is C13H27NO. The maximum absolute atomic E-state index is 6.20. The fraction of sp³-hybridized carbons (Fsp3) is 1.00. The van der Waals surface area contributed by atoms with Crippen LogP contribution in [0, 0.1) is 0 Å². The summed E-state index contributed by atoms with van der Waals surface area (Å²) in [6.07, 6.45) is 11.4. The zero-order valence-electron chi connectivity index (χ0n) is 10.3. The molecule has 0 spiro atoms. The third-order valence-corrected chi connectivity index (χ3v) is 3.38. The van der Waals surface area contributed by atoms with Crippen molar-refractivity contribution in [1.82, 2.24) is 0 Å². The van der Waals surface area contributed by atoms with Crippen molar-refractivity contribution in [2.45, 2.75) is 70.3 Å². The second-order valence-corrected chi connectivity index (χ2v) is 5.04. The molecule has 0 aromatic carbocycles. The van der Waals surface area contributed by atoms with Crippen molar-refractivity contribution in [3.05, 3.63) is 0 Å². The van der Waals surface area contributed by atoms with Gasteiger partial charge in [-0.15, -0.1) is 0 Å². The molecule has 0 heterocycles. The normalized spacial score (nSPS) is 19.6. The Morgan fingerprint density at radius 3 is 2.40 bits per heavy atom. The fourth-order valence-corrected chi connectivity index (χ4v) is 2.31. The minimum absolute atomic E-state index is 0.0173. The molecule has 0 atom stereocenters. The molecule has 2 N–H and O–H groups in total.